The van der Waals surface area contributed by atoms with E-state index in [-0.39, 0.29) is 0 Å². The standard InChI is InChI=1S/C18H27NO/c1-4-18-10-6-5-7-14(17(18)19-2)11-13-8-9-15(20-3)12-16(13)18/h8-9,12,14,17,19H,4-7,10-11H2,1-3H3/t14?,17-,18+/m0/s1. The Labute approximate surface area is 122 Å². The highest BCUT2D eigenvalue weighted by molar-refractivity contribution is 5.45. The van der Waals surface area contributed by atoms with Crippen molar-refractivity contribution in [1.29, 1.82) is 0 Å². The van der Waals surface area contributed by atoms with Crippen LogP contribution < -0.4 is 10.1 Å². The number of hydrogen-bond donors (Lipinski definition) is 1. The second-order valence-electron chi connectivity index (χ2n) is 6.51. The number of likely N-dealkylation sites (N-methyl/N-ethyl adjacent to an activating group) is 1. The van der Waals surface area contributed by atoms with E-state index in [9.17, 15) is 0 Å². The van der Waals surface area contributed by atoms with Crippen LogP contribution in [0, 0.1) is 5.92 Å². The van der Waals surface area contributed by atoms with Gasteiger partial charge in [-0.1, -0.05) is 25.8 Å². The van der Waals surface area contributed by atoms with Crippen molar-refractivity contribution in [3.05, 3.63) is 29.3 Å². The molecule has 110 valence electrons. The van der Waals surface area contributed by atoms with Crippen LogP contribution in [-0.4, -0.2) is 20.2 Å². The van der Waals surface area contributed by atoms with Gasteiger partial charge in [-0.25, -0.2) is 0 Å². The van der Waals surface area contributed by atoms with E-state index in [1.807, 2.05) is 0 Å². The maximum atomic E-state index is 5.49. The smallest absolute Gasteiger partial charge is 0.119 e. The van der Waals surface area contributed by atoms with Crippen LogP contribution in [0.25, 0.3) is 0 Å². The molecule has 1 saturated carbocycles. The van der Waals surface area contributed by atoms with Crippen molar-refractivity contribution in [3.63, 3.8) is 0 Å². The molecular weight excluding hydrogens is 246 g/mol. The first-order valence-electron chi connectivity index (χ1n) is 8.10. The summed E-state index contributed by atoms with van der Waals surface area (Å²) in [5, 5.41) is 3.68. The minimum atomic E-state index is 0.304. The Morgan fingerprint density at radius 2 is 2.20 bits per heavy atom. The third-order valence-corrected chi connectivity index (χ3v) is 5.79. The fraction of sp³-hybridized carbons (Fsp3) is 0.667. The van der Waals surface area contributed by atoms with Gasteiger partial charge in [-0.2, -0.15) is 0 Å². The number of ether oxygens (including phenoxy) is 1. The van der Waals surface area contributed by atoms with Gasteiger partial charge < -0.3 is 10.1 Å². The monoisotopic (exact) mass is 273 g/mol. The van der Waals surface area contributed by atoms with E-state index in [0.29, 0.717) is 11.5 Å². The molecule has 2 heteroatoms. The molecule has 0 aromatic heterocycles. The van der Waals surface area contributed by atoms with Gasteiger partial charge in [0, 0.05) is 11.5 Å². The number of rotatable bonds is 3. The summed E-state index contributed by atoms with van der Waals surface area (Å²) < 4.78 is 5.49. The van der Waals surface area contributed by atoms with Gasteiger partial charge in [0.15, 0.2) is 0 Å². The molecule has 3 rings (SSSR count). The largest absolute Gasteiger partial charge is 0.497 e. The number of fused-ring (bicyclic) bond motifs is 4. The highest BCUT2D eigenvalue weighted by Gasteiger charge is 2.47. The Balaban J connectivity index is 2.16. The number of nitrogens with one attached hydrogen (secondary N) is 1. The van der Waals surface area contributed by atoms with Gasteiger partial charge in [0.2, 0.25) is 0 Å². The first-order chi connectivity index (χ1) is 9.75. The Bertz CT molecular complexity index is 484. The van der Waals surface area contributed by atoms with Gasteiger partial charge in [0.25, 0.3) is 0 Å². The maximum Gasteiger partial charge on any atom is 0.119 e. The van der Waals surface area contributed by atoms with E-state index in [1.165, 1.54) is 38.5 Å². The van der Waals surface area contributed by atoms with E-state index in [4.69, 9.17) is 4.74 Å². The normalized spacial score (nSPS) is 32.4. The maximum absolute atomic E-state index is 5.49. The van der Waals surface area contributed by atoms with Gasteiger partial charge in [-0.05, 0) is 61.9 Å². The lowest BCUT2D eigenvalue weighted by Gasteiger charge is -2.48. The van der Waals surface area contributed by atoms with Crippen LogP contribution >= 0.6 is 0 Å². The zero-order valence-corrected chi connectivity index (χ0v) is 13.0. The molecule has 0 amide bonds. The topological polar surface area (TPSA) is 21.3 Å². The van der Waals surface area contributed by atoms with Crippen molar-refractivity contribution in [2.45, 2.75) is 56.9 Å². The molecule has 1 N–H and O–H groups in total. The average molecular weight is 273 g/mol. The summed E-state index contributed by atoms with van der Waals surface area (Å²) in [5.41, 5.74) is 3.42. The highest BCUT2D eigenvalue weighted by Crippen LogP contribution is 2.49. The average Bonchev–Trinajstić information content (AvgIpc) is 2.62. The van der Waals surface area contributed by atoms with E-state index in [1.54, 1.807) is 18.2 Å². The molecule has 1 aromatic carbocycles. The molecule has 0 heterocycles. The molecule has 2 bridgehead atoms. The Kier molecular flexibility index (Phi) is 3.76. The molecular formula is C18H27NO. The predicted octanol–water partition coefficient (Wildman–Crippen LogP) is 3.68. The Morgan fingerprint density at radius 1 is 1.35 bits per heavy atom. The molecule has 1 unspecified atom stereocenters. The van der Waals surface area contributed by atoms with E-state index < -0.39 is 0 Å². The van der Waals surface area contributed by atoms with E-state index >= 15 is 0 Å². The minimum Gasteiger partial charge on any atom is -0.497 e. The van der Waals surface area contributed by atoms with Crippen LogP contribution in [0.3, 0.4) is 0 Å². The number of hydrogen-bond acceptors (Lipinski definition) is 2. The van der Waals surface area contributed by atoms with Crippen molar-refractivity contribution in [2.75, 3.05) is 14.2 Å². The molecule has 0 saturated heterocycles. The summed E-state index contributed by atoms with van der Waals surface area (Å²) in [7, 11) is 3.92. The fourth-order valence-corrected chi connectivity index (χ4v) is 4.85. The summed E-state index contributed by atoms with van der Waals surface area (Å²) >= 11 is 0. The molecule has 2 aliphatic carbocycles. The van der Waals surface area contributed by atoms with Crippen molar-refractivity contribution in [1.82, 2.24) is 5.32 Å². The highest BCUT2D eigenvalue weighted by atomic mass is 16.5. The SMILES string of the molecule is CC[C@@]12CCCCC(Cc3ccc(OC)cc31)[C@@H]2NC. The predicted molar refractivity (Wildman–Crippen MR) is 83.5 cm³/mol. The summed E-state index contributed by atoms with van der Waals surface area (Å²) in [6.45, 7) is 2.36. The summed E-state index contributed by atoms with van der Waals surface area (Å²) in [6.07, 6.45) is 7.88. The number of benzene rings is 1. The molecule has 3 atom stereocenters. The molecule has 1 fully saturated rings. The quantitative estimate of drug-likeness (QED) is 0.907. The molecule has 2 aliphatic rings. The molecule has 0 aliphatic heterocycles. The van der Waals surface area contributed by atoms with Crippen LogP contribution in [0.15, 0.2) is 18.2 Å². The van der Waals surface area contributed by atoms with Gasteiger partial charge in [0.05, 0.1) is 7.11 Å². The lowest BCUT2D eigenvalue weighted by Crippen LogP contribution is -2.54. The third-order valence-electron chi connectivity index (χ3n) is 5.79. The first-order valence-corrected chi connectivity index (χ1v) is 8.10. The Morgan fingerprint density at radius 3 is 2.90 bits per heavy atom. The van der Waals surface area contributed by atoms with Crippen molar-refractivity contribution in [2.24, 2.45) is 5.92 Å². The molecule has 0 radical (unpaired) electrons. The van der Waals surface area contributed by atoms with E-state index in [0.717, 1.165) is 11.7 Å². The van der Waals surface area contributed by atoms with E-state index in [2.05, 4.69) is 37.5 Å². The Hall–Kier alpha value is -1.02. The molecule has 2 nitrogen and oxygen atoms in total. The zero-order valence-electron chi connectivity index (χ0n) is 13.0. The van der Waals surface area contributed by atoms with Gasteiger partial charge in [-0.3, -0.25) is 0 Å². The molecule has 20 heavy (non-hydrogen) atoms. The van der Waals surface area contributed by atoms with Crippen molar-refractivity contribution < 1.29 is 4.74 Å². The fourth-order valence-electron chi connectivity index (χ4n) is 4.85. The molecule has 0 spiro atoms. The second-order valence-corrected chi connectivity index (χ2v) is 6.51. The first kappa shape index (κ1) is 13.9. The second kappa shape index (κ2) is 5.40. The van der Waals surface area contributed by atoms with Crippen LogP contribution in [0.4, 0.5) is 0 Å². The van der Waals surface area contributed by atoms with Gasteiger partial charge >= 0.3 is 0 Å². The lowest BCUT2D eigenvalue weighted by atomic mass is 9.60. The van der Waals surface area contributed by atoms with Crippen LogP contribution in [0.1, 0.15) is 50.2 Å². The van der Waals surface area contributed by atoms with Crippen LogP contribution in [-0.2, 0) is 11.8 Å². The third kappa shape index (κ3) is 1.96. The van der Waals surface area contributed by atoms with Gasteiger partial charge in [-0.15, -0.1) is 0 Å². The number of methoxy groups -OCH3 is 1. The minimum absolute atomic E-state index is 0.304. The summed E-state index contributed by atoms with van der Waals surface area (Å²) in [5.74, 6) is 1.80. The van der Waals surface area contributed by atoms with Crippen molar-refractivity contribution in [3.8, 4) is 5.75 Å². The summed E-state index contributed by atoms with van der Waals surface area (Å²) in [4.78, 5) is 0. The lowest BCUT2D eigenvalue weighted by molar-refractivity contribution is 0.196. The van der Waals surface area contributed by atoms with Gasteiger partial charge in [0.1, 0.15) is 5.75 Å². The van der Waals surface area contributed by atoms with Crippen LogP contribution in [0.2, 0.25) is 0 Å². The van der Waals surface area contributed by atoms with Crippen molar-refractivity contribution >= 4 is 0 Å². The molecule has 1 aromatic rings. The van der Waals surface area contributed by atoms with Crippen LogP contribution in [0.5, 0.6) is 5.75 Å². The zero-order chi connectivity index (χ0) is 14.2. The summed E-state index contributed by atoms with van der Waals surface area (Å²) in [6, 6.07) is 7.37.